The summed E-state index contributed by atoms with van der Waals surface area (Å²) in [6.45, 7) is 0. The molecule has 2 aliphatic rings. The van der Waals surface area contributed by atoms with Crippen LogP contribution in [0.4, 0.5) is 0 Å². The Hall–Kier alpha value is -2.55. The number of ether oxygens (including phenoxy) is 2. The Bertz CT molecular complexity index is 747. The molecule has 2 unspecified atom stereocenters. The molecular formula is C20H23NO5. The van der Waals surface area contributed by atoms with Crippen LogP contribution in [-0.4, -0.2) is 30.1 Å². The fraction of sp³-hybridized carbons (Fsp3) is 0.550. The maximum atomic E-state index is 11.9. The molecule has 2 fully saturated rings. The number of Topliss-reactive ketones (excluding diaryl/α,β-unsaturated/α-hetero) is 1. The van der Waals surface area contributed by atoms with Crippen molar-refractivity contribution in [3.05, 3.63) is 23.8 Å². The van der Waals surface area contributed by atoms with Gasteiger partial charge in [0.1, 0.15) is 11.7 Å². The molecule has 0 aromatic heterocycles. The van der Waals surface area contributed by atoms with E-state index >= 15 is 0 Å². The number of nitrogens with zero attached hydrogens (tertiary/aromatic N) is 1. The van der Waals surface area contributed by atoms with Gasteiger partial charge in [-0.15, -0.1) is 0 Å². The van der Waals surface area contributed by atoms with Crippen LogP contribution in [0, 0.1) is 17.2 Å². The third-order valence-corrected chi connectivity index (χ3v) is 5.56. The van der Waals surface area contributed by atoms with Gasteiger partial charge in [-0.3, -0.25) is 9.59 Å². The van der Waals surface area contributed by atoms with E-state index in [1.54, 1.807) is 25.3 Å². The van der Waals surface area contributed by atoms with Crippen LogP contribution in [0.25, 0.3) is 0 Å². The van der Waals surface area contributed by atoms with E-state index in [0.717, 1.165) is 25.7 Å². The fourth-order valence-corrected chi connectivity index (χ4v) is 3.98. The van der Waals surface area contributed by atoms with Crippen molar-refractivity contribution >= 4 is 11.8 Å². The van der Waals surface area contributed by atoms with Crippen LogP contribution < -0.4 is 9.47 Å². The molecule has 138 valence electrons. The van der Waals surface area contributed by atoms with Crippen LogP contribution in [0.5, 0.6) is 11.5 Å². The van der Waals surface area contributed by atoms with Gasteiger partial charge in [-0.25, -0.2) is 0 Å². The van der Waals surface area contributed by atoms with E-state index in [-0.39, 0.29) is 24.7 Å². The Kier molecular flexibility index (Phi) is 5.17. The molecule has 3 rings (SSSR count). The lowest BCUT2D eigenvalue weighted by molar-refractivity contribution is -0.148. The van der Waals surface area contributed by atoms with E-state index in [0.29, 0.717) is 23.5 Å². The van der Waals surface area contributed by atoms with Crippen LogP contribution in [0.1, 0.15) is 50.5 Å². The molecule has 0 spiro atoms. The van der Waals surface area contributed by atoms with Crippen molar-refractivity contribution in [1.82, 2.24) is 0 Å². The Labute approximate surface area is 152 Å². The fourth-order valence-electron chi connectivity index (χ4n) is 3.98. The Balaban J connectivity index is 1.94. The second kappa shape index (κ2) is 7.36. The average Bonchev–Trinajstić information content (AvgIpc) is 3.15. The number of carbonyl (C=O) groups is 2. The summed E-state index contributed by atoms with van der Waals surface area (Å²) in [7, 11) is 1.57. The number of nitriles is 1. The normalized spacial score (nSPS) is 26.3. The third kappa shape index (κ3) is 3.39. The number of hydrogen-bond donors (Lipinski definition) is 1. The van der Waals surface area contributed by atoms with Crippen molar-refractivity contribution in [2.75, 3.05) is 7.11 Å². The standard InChI is InChI=1S/C20H23NO5/c1-25-17-7-6-13(10-18(17)26-14-4-2-3-5-14)20(12-21)9-8-16(22)15(11-20)19(23)24/h6-7,10,14-15H,2-5,8-9,11H2,1H3,(H,23,24). The second-order valence-electron chi connectivity index (χ2n) is 7.15. The van der Waals surface area contributed by atoms with E-state index < -0.39 is 17.3 Å². The molecule has 1 aromatic rings. The average molecular weight is 357 g/mol. The molecule has 0 heterocycles. The molecule has 1 N–H and O–H groups in total. The highest BCUT2D eigenvalue weighted by Crippen LogP contribution is 2.43. The minimum absolute atomic E-state index is 0.00708. The van der Waals surface area contributed by atoms with Crippen molar-refractivity contribution in [3.8, 4) is 17.6 Å². The smallest absolute Gasteiger partial charge is 0.314 e. The summed E-state index contributed by atoms with van der Waals surface area (Å²) >= 11 is 0. The molecule has 0 saturated heterocycles. The lowest BCUT2D eigenvalue weighted by atomic mass is 9.66. The maximum Gasteiger partial charge on any atom is 0.314 e. The predicted octanol–water partition coefficient (Wildman–Crippen LogP) is 3.23. The van der Waals surface area contributed by atoms with E-state index in [9.17, 15) is 20.0 Å². The van der Waals surface area contributed by atoms with Crippen LogP contribution in [0.2, 0.25) is 0 Å². The molecule has 1 aromatic carbocycles. The summed E-state index contributed by atoms with van der Waals surface area (Å²) in [5.74, 6) is -1.43. The number of carbonyl (C=O) groups excluding carboxylic acids is 1. The van der Waals surface area contributed by atoms with Gasteiger partial charge >= 0.3 is 5.97 Å². The number of rotatable bonds is 5. The molecule has 6 heteroatoms. The first-order chi connectivity index (χ1) is 12.5. The third-order valence-electron chi connectivity index (χ3n) is 5.56. The van der Waals surface area contributed by atoms with Gasteiger partial charge in [-0.2, -0.15) is 5.26 Å². The Morgan fingerprint density at radius 1 is 1.31 bits per heavy atom. The lowest BCUT2D eigenvalue weighted by Gasteiger charge is -2.34. The zero-order valence-electron chi connectivity index (χ0n) is 14.9. The second-order valence-corrected chi connectivity index (χ2v) is 7.15. The number of hydrogen-bond acceptors (Lipinski definition) is 5. The van der Waals surface area contributed by atoms with Gasteiger partial charge in [0.2, 0.25) is 0 Å². The predicted molar refractivity (Wildman–Crippen MR) is 93.2 cm³/mol. The molecule has 0 aliphatic heterocycles. The molecule has 26 heavy (non-hydrogen) atoms. The SMILES string of the molecule is COc1ccc(C2(C#N)CCC(=O)C(C(=O)O)C2)cc1OC1CCCC1. The van der Waals surface area contributed by atoms with Crippen molar-refractivity contribution < 1.29 is 24.2 Å². The molecule has 2 saturated carbocycles. The molecule has 0 bridgehead atoms. The van der Waals surface area contributed by atoms with E-state index in [4.69, 9.17) is 9.47 Å². The number of benzene rings is 1. The van der Waals surface area contributed by atoms with Crippen molar-refractivity contribution in [3.63, 3.8) is 0 Å². The molecule has 2 aliphatic carbocycles. The van der Waals surface area contributed by atoms with E-state index in [2.05, 4.69) is 6.07 Å². The van der Waals surface area contributed by atoms with Gasteiger partial charge in [0, 0.05) is 6.42 Å². The summed E-state index contributed by atoms with van der Waals surface area (Å²) in [6, 6.07) is 7.60. The van der Waals surface area contributed by atoms with Gasteiger partial charge in [0.05, 0.1) is 24.7 Å². The lowest BCUT2D eigenvalue weighted by Crippen LogP contribution is -2.40. The topological polar surface area (TPSA) is 96.6 Å². The largest absolute Gasteiger partial charge is 0.493 e. The Morgan fingerprint density at radius 2 is 2.04 bits per heavy atom. The van der Waals surface area contributed by atoms with Crippen molar-refractivity contribution in [2.24, 2.45) is 5.92 Å². The van der Waals surface area contributed by atoms with Crippen LogP contribution in [0.15, 0.2) is 18.2 Å². The summed E-state index contributed by atoms with van der Waals surface area (Å²) in [6.07, 6.45) is 4.80. The first kappa shape index (κ1) is 18.2. The highest BCUT2D eigenvalue weighted by molar-refractivity contribution is 5.99. The summed E-state index contributed by atoms with van der Waals surface area (Å²) in [5, 5.41) is 19.2. The monoisotopic (exact) mass is 357 g/mol. The van der Waals surface area contributed by atoms with Gasteiger partial charge in [-0.1, -0.05) is 6.07 Å². The van der Waals surface area contributed by atoms with Gasteiger partial charge in [0.25, 0.3) is 0 Å². The van der Waals surface area contributed by atoms with Crippen molar-refractivity contribution in [1.29, 1.82) is 5.26 Å². The first-order valence-corrected chi connectivity index (χ1v) is 9.01. The quantitative estimate of drug-likeness (QED) is 0.813. The van der Waals surface area contributed by atoms with Gasteiger partial charge < -0.3 is 14.6 Å². The van der Waals surface area contributed by atoms with E-state index in [1.165, 1.54) is 0 Å². The van der Waals surface area contributed by atoms with Gasteiger partial charge in [0.15, 0.2) is 11.5 Å². The maximum absolute atomic E-state index is 11.9. The van der Waals surface area contributed by atoms with Crippen LogP contribution in [0.3, 0.4) is 0 Å². The summed E-state index contributed by atoms with van der Waals surface area (Å²) < 4.78 is 11.5. The van der Waals surface area contributed by atoms with Crippen molar-refractivity contribution in [2.45, 2.75) is 56.5 Å². The molecule has 0 amide bonds. The molecule has 0 radical (unpaired) electrons. The minimum atomic E-state index is -1.16. The zero-order valence-corrected chi connectivity index (χ0v) is 14.9. The highest BCUT2D eigenvalue weighted by atomic mass is 16.5. The number of carboxylic acids is 1. The van der Waals surface area contributed by atoms with Crippen LogP contribution >= 0.6 is 0 Å². The number of ketones is 1. The van der Waals surface area contributed by atoms with E-state index in [1.807, 2.05) is 0 Å². The van der Waals surface area contributed by atoms with Crippen LogP contribution in [-0.2, 0) is 15.0 Å². The minimum Gasteiger partial charge on any atom is -0.493 e. The summed E-state index contributed by atoms with van der Waals surface area (Å²) in [5.41, 5.74) is -0.315. The zero-order chi connectivity index (χ0) is 18.7. The molecular weight excluding hydrogens is 334 g/mol. The number of carboxylic acid groups (broad SMARTS) is 1. The highest BCUT2D eigenvalue weighted by Gasteiger charge is 2.45. The molecule has 6 nitrogen and oxygen atoms in total. The number of methoxy groups -OCH3 is 1. The Morgan fingerprint density at radius 3 is 2.65 bits per heavy atom. The molecule has 2 atom stereocenters. The van der Waals surface area contributed by atoms with Gasteiger partial charge in [-0.05, 0) is 56.2 Å². The number of aliphatic carboxylic acids is 1. The summed E-state index contributed by atoms with van der Waals surface area (Å²) in [4.78, 5) is 23.4. The first-order valence-electron chi connectivity index (χ1n) is 9.01.